The largest absolute Gasteiger partial charge is 0.573 e. The highest BCUT2D eigenvalue weighted by Gasteiger charge is 2.34. The number of primary amides is 1. The highest BCUT2D eigenvalue weighted by molar-refractivity contribution is 6.23. The minimum absolute atomic E-state index is 0.290. The fourth-order valence-corrected chi connectivity index (χ4v) is 2.63. The number of anilines is 1. The van der Waals surface area contributed by atoms with Crippen molar-refractivity contribution in [2.45, 2.75) is 6.36 Å². The van der Waals surface area contributed by atoms with Crippen molar-refractivity contribution in [3.05, 3.63) is 51.3 Å². The zero-order chi connectivity index (χ0) is 20.1. The van der Waals surface area contributed by atoms with E-state index in [-0.39, 0.29) is 16.7 Å². The molecule has 12 heteroatoms. The molecule has 3 rings (SSSR count). The summed E-state index contributed by atoms with van der Waals surface area (Å²) in [7, 11) is 0. The van der Waals surface area contributed by atoms with Crippen LogP contribution in [0.2, 0.25) is 0 Å². The quantitative estimate of drug-likeness (QED) is 0.651. The van der Waals surface area contributed by atoms with Gasteiger partial charge in [-0.2, -0.15) is 0 Å². The fraction of sp³-hybridized carbons (Fsp3) is 0.0667. The molecule has 0 unspecified atom stereocenters. The molecule has 1 aromatic heterocycles. The SMILES string of the molecule is NC(=O)c1ccc(OC(F)(F)F)cc1-n1c(N)c2c(cc1=O)C(=O)NC2=O. The van der Waals surface area contributed by atoms with Gasteiger partial charge in [0.05, 0.1) is 22.4 Å². The molecule has 1 aliphatic heterocycles. The Kier molecular flexibility index (Phi) is 3.90. The molecule has 0 radical (unpaired) electrons. The standard InChI is InChI=1S/C15H9F3N4O5/c16-15(17,18)27-5-1-2-6(12(20)24)8(3-5)22-9(23)4-7-10(11(22)19)14(26)21-13(7)25/h1-4H,19H2,(H2,20,24)(H,21,25,26). The number of carbonyl (C=O) groups is 3. The van der Waals surface area contributed by atoms with Crippen molar-refractivity contribution in [3.8, 4) is 11.4 Å². The molecule has 0 aliphatic carbocycles. The van der Waals surface area contributed by atoms with Crippen LogP contribution >= 0.6 is 0 Å². The molecule has 2 aromatic rings. The molecule has 1 aromatic carbocycles. The third-order valence-corrected chi connectivity index (χ3v) is 3.66. The first-order valence-corrected chi connectivity index (χ1v) is 7.11. The van der Waals surface area contributed by atoms with Crippen LogP contribution in [0.3, 0.4) is 0 Å². The maximum absolute atomic E-state index is 12.5. The summed E-state index contributed by atoms with van der Waals surface area (Å²) in [6.07, 6.45) is -5.04. The van der Waals surface area contributed by atoms with E-state index in [0.29, 0.717) is 10.6 Å². The fourth-order valence-electron chi connectivity index (χ4n) is 2.63. The van der Waals surface area contributed by atoms with Gasteiger partial charge in [-0.1, -0.05) is 0 Å². The van der Waals surface area contributed by atoms with Gasteiger partial charge in [-0.15, -0.1) is 13.2 Å². The van der Waals surface area contributed by atoms with Gasteiger partial charge >= 0.3 is 6.36 Å². The van der Waals surface area contributed by atoms with Crippen LogP contribution in [-0.2, 0) is 0 Å². The number of nitrogens with two attached hydrogens (primary N) is 2. The van der Waals surface area contributed by atoms with Gasteiger partial charge < -0.3 is 16.2 Å². The number of amides is 3. The number of benzene rings is 1. The summed E-state index contributed by atoms with van der Waals surface area (Å²) in [4.78, 5) is 47.6. The van der Waals surface area contributed by atoms with E-state index in [2.05, 4.69) is 4.74 Å². The molecule has 9 nitrogen and oxygen atoms in total. The molecule has 2 heterocycles. The summed E-state index contributed by atoms with van der Waals surface area (Å²) < 4.78 is 41.8. The number of nitrogens with one attached hydrogen (secondary N) is 1. The number of rotatable bonds is 3. The second kappa shape index (κ2) is 5.86. The molecule has 0 fully saturated rings. The summed E-state index contributed by atoms with van der Waals surface area (Å²) in [5, 5.41) is 1.93. The van der Waals surface area contributed by atoms with Gasteiger partial charge in [0.2, 0.25) is 0 Å². The van der Waals surface area contributed by atoms with E-state index in [1.165, 1.54) is 0 Å². The van der Waals surface area contributed by atoms with E-state index in [1.54, 1.807) is 0 Å². The summed E-state index contributed by atoms with van der Waals surface area (Å²) in [5.41, 5.74) is 8.59. The Labute approximate surface area is 147 Å². The van der Waals surface area contributed by atoms with Crippen LogP contribution in [0, 0.1) is 0 Å². The van der Waals surface area contributed by atoms with Crippen molar-refractivity contribution in [3.63, 3.8) is 0 Å². The van der Waals surface area contributed by atoms with Crippen LogP contribution < -0.4 is 27.1 Å². The lowest BCUT2D eigenvalue weighted by Gasteiger charge is -2.16. The normalized spacial score (nSPS) is 13.3. The predicted octanol–water partition coefficient (Wildman–Crippen LogP) is 0.301. The Bertz CT molecular complexity index is 1070. The average Bonchev–Trinajstić information content (AvgIpc) is 2.80. The minimum Gasteiger partial charge on any atom is -0.406 e. The monoisotopic (exact) mass is 382 g/mol. The Morgan fingerprint density at radius 3 is 2.37 bits per heavy atom. The zero-order valence-electron chi connectivity index (χ0n) is 13.1. The number of fused-ring (bicyclic) bond motifs is 1. The lowest BCUT2D eigenvalue weighted by atomic mass is 10.1. The second-order valence-electron chi connectivity index (χ2n) is 5.37. The number of imide groups is 1. The van der Waals surface area contributed by atoms with Crippen molar-refractivity contribution < 1.29 is 32.3 Å². The number of ether oxygens (including phenoxy) is 1. The Hall–Kier alpha value is -3.83. The number of nitrogens with zero attached hydrogens (tertiary/aromatic N) is 1. The molecule has 0 saturated carbocycles. The van der Waals surface area contributed by atoms with E-state index < -0.39 is 46.9 Å². The van der Waals surface area contributed by atoms with Gasteiger partial charge in [0.1, 0.15) is 11.6 Å². The topological polar surface area (TPSA) is 147 Å². The number of hydrogen-bond acceptors (Lipinski definition) is 6. The lowest BCUT2D eigenvalue weighted by Crippen LogP contribution is -2.27. The number of pyridine rings is 1. The Morgan fingerprint density at radius 2 is 1.78 bits per heavy atom. The number of alkyl halides is 3. The van der Waals surface area contributed by atoms with Crippen molar-refractivity contribution in [2.75, 3.05) is 5.73 Å². The zero-order valence-corrected chi connectivity index (χ0v) is 13.1. The van der Waals surface area contributed by atoms with E-state index in [0.717, 1.165) is 18.2 Å². The van der Waals surface area contributed by atoms with Crippen LogP contribution in [0.15, 0.2) is 29.1 Å². The highest BCUT2D eigenvalue weighted by atomic mass is 19.4. The molecule has 5 N–H and O–H groups in total. The first kappa shape index (κ1) is 18.0. The smallest absolute Gasteiger partial charge is 0.406 e. The molecular weight excluding hydrogens is 373 g/mol. The van der Waals surface area contributed by atoms with E-state index in [1.807, 2.05) is 5.32 Å². The van der Waals surface area contributed by atoms with E-state index in [9.17, 15) is 32.3 Å². The molecule has 0 spiro atoms. The van der Waals surface area contributed by atoms with Crippen LogP contribution in [0.4, 0.5) is 19.0 Å². The van der Waals surface area contributed by atoms with Gasteiger partial charge in [0.15, 0.2) is 0 Å². The average molecular weight is 382 g/mol. The number of nitrogen functional groups attached to an aromatic ring is 1. The summed E-state index contributed by atoms with van der Waals surface area (Å²) in [6, 6.07) is 3.21. The third-order valence-electron chi connectivity index (χ3n) is 3.66. The lowest BCUT2D eigenvalue weighted by molar-refractivity contribution is -0.274. The van der Waals surface area contributed by atoms with Gasteiger partial charge in [0.25, 0.3) is 23.3 Å². The first-order chi connectivity index (χ1) is 12.5. The maximum atomic E-state index is 12.5. The van der Waals surface area contributed by atoms with Crippen molar-refractivity contribution in [1.82, 2.24) is 9.88 Å². The van der Waals surface area contributed by atoms with Gasteiger partial charge in [-0.25, -0.2) is 0 Å². The maximum Gasteiger partial charge on any atom is 0.573 e. The van der Waals surface area contributed by atoms with E-state index >= 15 is 0 Å². The molecule has 140 valence electrons. The number of aromatic nitrogens is 1. The highest BCUT2D eigenvalue weighted by Crippen LogP contribution is 2.29. The molecule has 3 amide bonds. The molecule has 27 heavy (non-hydrogen) atoms. The van der Waals surface area contributed by atoms with E-state index in [4.69, 9.17) is 11.5 Å². The van der Waals surface area contributed by atoms with Gasteiger partial charge in [-0.05, 0) is 12.1 Å². The Balaban J connectivity index is 2.30. The predicted molar refractivity (Wildman–Crippen MR) is 83.4 cm³/mol. The van der Waals surface area contributed by atoms with Gasteiger partial charge in [0, 0.05) is 12.1 Å². The van der Waals surface area contributed by atoms with Crippen molar-refractivity contribution in [2.24, 2.45) is 5.73 Å². The molecular formula is C15H9F3N4O5. The summed E-state index contributed by atoms with van der Waals surface area (Å²) in [5.74, 6) is -4.13. The van der Waals surface area contributed by atoms with Crippen molar-refractivity contribution >= 4 is 23.5 Å². The Morgan fingerprint density at radius 1 is 1.11 bits per heavy atom. The number of halogens is 3. The van der Waals surface area contributed by atoms with Gasteiger partial charge in [-0.3, -0.25) is 29.1 Å². The molecule has 0 saturated heterocycles. The third kappa shape index (κ3) is 3.07. The minimum atomic E-state index is -5.04. The number of carbonyl (C=O) groups excluding carboxylic acids is 3. The summed E-state index contributed by atoms with van der Waals surface area (Å²) >= 11 is 0. The van der Waals surface area contributed by atoms with Crippen LogP contribution in [0.25, 0.3) is 5.69 Å². The summed E-state index contributed by atoms with van der Waals surface area (Å²) in [6.45, 7) is 0. The molecule has 0 atom stereocenters. The first-order valence-electron chi connectivity index (χ1n) is 7.11. The van der Waals surface area contributed by atoms with Crippen LogP contribution in [-0.4, -0.2) is 28.7 Å². The molecule has 1 aliphatic rings. The van der Waals surface area contributed by atoms with Crippen LogP contribution in [0.5, 0.6) is 5.75 Å². The van der Waals surface area contributed by atoms with Crippen molar-refractivity contribution in [1.29, 1.82) is 0 Å². The second-order valence-corrected chi connectivity index (χ2v) is 5.37. The number of hydrogen-bond donors (Lipinski definition) is 3. The van der Waals surface area contributed by atoms with Crippen LogP contribution in [0.1, 0.15) is 31.1 Å². The molecule has 0 bridgehead atoms.